The van der Waals surface area contributed by atoms with E-state index in [4.69, 9.17) is 0 Å². The van der Waals surface area contributed by atoms with Crippen LogP contribution in [0.2, 0.25) is 0 Å². The molecule has 0 heteroatoms. The lowest BCUT2D eigenvalue weighted by atomic mass is 9.57. The molecule has 5 atom stereocenters. The molecule has 3 aliphatic rings. The first-order valence-corrected chi connectivity index (χ1v) is 6.97. The zero-order chi connectivity index (χ0) is 10.8. The Kier molecular flexibility index (Phi) is 1.91. The van der Waals surface area contributed by atoms with E-state index in [0.717, 1.165) is 23.7 Å². The molecule has 0 aromatic carbocycles. The van der Waals surface area contributed by atoms with E-state index in [0.29, 0.717) is 10.8 Å². The van der Waals surface area contributed by atoms with E-state index in [1.807, 2.05) is 0 Å². The number of rotatable bonds is 0. The SMILES string of the molecule is C[C@@H]1CCC[C@@]2(C)CC[C@@H]3[C@H]([C@H]12)C3(C)C. The zero-order valence-electron chi connectivity index (χ0n) is 10.8. The first-order valence-electron chi connectivity index (χ1n) is 6.97. The van der Waals surface area contributed by atoms with Crippen LogP contribution < -0.4 is 0 Å². The molecule has 0 spiro atoms. The van der Waals surface area contributed by atoms with Gasteiger partial charge in [-0.25, -0.2) is 0 Å². The van der Waals surface area contributed by atoms with Gasteiger partial charge in [0.25, 0.3) is 0 Å². The van der Waals surface area contributed by atoms with Gasteiger partial charge in [0, 0.05) is 0 Å². The second kappa shape index (κ2) is 2.81. The van der Waals surface area contributed by atoms with E-state index in [2.05, 4.69) is 27.7 Å². The molecule has 0 nitrogen and oxygen atoms in total. The molecule has 0 aliphatic heterocycles. The maximum atomic E-state index is 2.60. The third-order valence-electron chi connectivity index (χ3n) is 6.38. The van der Waals surface area contributed by atoms with Crippen LogP contribution in [0.5, 0.6) is 0 Å². The van der Waals surface area contributed by atoms with Crippen LogP contribution in [-0.4, -0.2) is 0 Å². The average molecular weight is 206 g/mol. The van der Waals surface area contributed by atoms with Crippen molar-refractivity contribution in [3.63, 3.8) is 0 Å². The van der Waals surface area contributed by atoms with Gasteiger partial charge in [0.1, 0.15) is 0 Å². The van der Waals surface area contributed by atoms with Crippen LogP contribution in [0.4, 0.5) is 0 Å². The average Bonchev–Trinajstić information content (AvgIpc) is 2.68. The normalized spacial score (nSPS) is 56.8. The van der Waals surface area contributed by atoms with Crippen LogP contribution in [0.1, 0.15) is 59.8 Å². The summed E-state index contributed by atoms with van der Waals surface area (Å²) < 4.78 is 0. The molecule has 3 aliphatic carbocycles. The van der Waals surface area contributed by atoms with Gasteiger partial charge in [0.2, 0.25) is 0 Å². The third kappa shape index (κ3) is 1.20. The van der Waals surface area contributed by atoms with Gasteiger partial charge in [-0.1, -0.05) is 40.5 Å². The minimum absolute atomic E-state index is 0.689. The summed E-state index contributed by atoms with van der Waals surface area (Å²) in [6.07, 6.45) is 7.55. The van der Waals surface area contributed by atoms with Crippen LogP contribution in [-0.2, 0) is 0 Å². The van der Waals surface area contributed by atoms with Crippen molar-refractivity contribution in [2.45, 2.75) is 59.8 Å². The molecule has 0 heterocycles. The Morgan fingerprint density at radius 1 is 0.933 bits per heavy atom. The fourth-order valence-corrected chi connectivity index (χ4v) is 5.48. The lowest BCUT2D eigenvalue weighted by Crippen LogP contribution is -2.40. The molecule has 3 fully saturated rings. The second-order valence-corrected chi connectivity index (χ2v) is 7.54. The van der Waals surface area contributed by atoms with Crippen LogP contribution in [0.3, 0.4) is 0 Å². The molecule has 3 rings (SSSR count). The first kappa shape index (κ1) is 10.2. The topological polar surface area (TPSA) is 0 Å². The molecular formula is C15H26. The van der Waals surface area contributed by atoms with E-state index in [1.165, 1.54) is 32.1 Å². The van der Waals surface area contributed by atoms with E-state index in [1.54, 1.807) is 0 Å². The molecule has 0 saturated heterocycles. The highest BCUT2D eigenvalue weighted by atomic mass is 14.7. The van der Waals surface area contributed by atoms with Crippen molar-refractivity contribution in [3.05, 3.63) is 0 Å². The van der Waals surface area contributed by atoms with Gasteiger partial charge in [0.15, 0.2) is 0 Å². The van der Waals surface area contributed by atoms with Gasteiger partial charge in [-0.2, -0.15) is 0 Å². The monoisotopic (exact) mass is 206 g/mol. The molecule has 0 aromatic heterocycles. The Morgan fingerprint density at radius 3 is 2.40 bits per heavy atom. The van der Waals surface area contributed by atoms with E-state index >= 15 is 0 Å². The molecular weight excluding hydrogens is 180 g/mol. The van der Waals surface area contributed by atoms with Crippen LogP contribution >= 0.6 is 0 Å². The Bertz CT molecular complexity index is 278. The van der Waals surface area contributed by atoms with Crippen molar-refractivity contribution < 1.29 is 0 Å². The van der Waals surface area contributed by atoms with Gasteiger partial charge in [-0.05, 0) is 53.8 Å². The molecule has 0 radical (unpaired) electrons. The first-order chi connectivity index (χ1) is 6.97. The largest absolute Gasteiger partial charge is 0.0622 e. The summed E-state index contributed by atoms with van der Waals surface area (Å²) in [7, 11) is 0. The second-order valence-electron chi connectivity index (χ2n) is 7.54. The summed E-state index contributed by atoms with van der Waals surface area (Å²) in [5.74, 6) is 4.21. The highest BCUT2D eigenvalue weighted by Crippen LogP contribution is 2.73. The third-order valence-corrected chi connectivity index (χ3v) is 6.38. The van der Waals surface area contributed by atoms with Crippen molar-refractivity contribution >= 4 is 0 Å². The summed E-state index contributed by atoms with van der Waals surface area (Å²) in [6.45, 7) is 10.2. The summed E-state index contributed by atoms with van der Waals surface area (Å²) >= 11 is 0. The van der Waals surface area contributed by atoms with Crippen molar-refractivity contribution in [2.75, 3.05) is 0 Å². The molecule has 0 amide bonds. The Balaban J connectivity index is 1.92. The predicted octanol–water partition coefficient (Wildman–Crippen LogP) is 4.49. The molecule has 15 heavy (non-hydrogen) atoms. The Morgan fingerprint density at radius 2 is 1.67 bits per heavy atom. The zero-order valence-corrected chi connectivity index (χ0v) is 10.8. The molecule has 3 saturated carbocycles. The summed E-state index contributed by atoms with van der Waals surface area (Å²) in [5, 5.41) is 0. The minimum Gasteiger partial charge on any atom is -0.0622 e. The van der Waals surface area contributed by atoms with Crippen molar-refractivity contribution in [1.82, 2.24) is 0 Å². The van der Waals surface area contributed by atoms with Gasteiger partial charge in [-0.15, -0.1) is 0 Å². The molecule has 0 unspecified atom stereocenters. The van der Waals surface area contributed by atoms with Gasteiger partial charge >= 0.3 is 0 Å². The molecule has 0 N–H and O–H groups in total. The number of hydrogen-bond donors (Lipinski definition) is 0. The Hall–Kier alpha value is 0. The minimum atomic E-state index is 0.689. The summed E-state index contributed by atoms with van der Waals surface area (Å²) in [6, 6.07) is 0. The molecule has 86 valence electrons. The van der Waals surface area contributed by atoms with E-state index < -0.39 is 0 Å². The van der Waals surface area contributed by atoms with E-state index in [-0.39, 0.29) is 0 Å². The summed E-state index contributed by atoms with van der Waals surface area (Å²) in [5.41, 5.74) is 1.40. The highest BCUT2D eigenvalue weighted by Gasteiger charge is 2.67. The number of hydrogen-bond acceptors (Lipinski definition) is 0. The Labute approximate surface area is 94.8 Å². The fourth-order valence-electron chi connectivity index (χ4n) is 5.48. The van der Waals surface area contributed by atoms with Gasteiger partial charge in [0.05, 0.1) is 0 Å². The quantitative estimate of drug-likeness (QED) is 0.547. The fraction of sp³-hybridized carbons (Fsp3) is 1.00. The van der Waals surface area contributed by atoms with E-state index in [9.17, 15) is 0 Å². The number of fused-ring (bicyclic) bond motifs is 3. The van der Waals surface area contributed by atoms with Crippen molar-refractivity contribution in [2.24, 2.45) is 34.5 Å². The van der Waals surface area contributed by atoms with Crippen molar-refractivity contribution in [3.8, 4) is 0 Å². The lowest BCUT2D eigenvalue weighted by Gasteiger charge is -2.48. The predicted molar refractivity (Wildman–Crippen MR) is 64.6 cm³/mol. The maximum absolute atomic E-state index is 2.60. The smallest absolute Gasteiger partial charge is 0.0289 e. The summed E-state index contributed by atoms with van der Waals surface area (Å²) in [4.78, 5) is 0. The lowest BCUT2D eigenvalue weighted by molar-refractivity contribution is 0.0100. The van der Waals surface area contributed by atoms with Crippen LogP contribution in [0.15, 0.2) is 0 Å². The molecule has 0 aromatic rings. The standard InChI is InChI=1S/C15H26/c1-10-6-5-8-15(4)9-7-11-13(12(10)15)14(11,2)3/h10-13H,5-9H2,1-4H3/t10-,11-,12+,13-,15+/m1/s1. The molecule has 0 bridgehead atoms. The maximum Gasteiger partial charge on any atom is -0.0289 e. The van der Waals surface area contributed by atoms with Crippen LogP contribution in [0, 0.1) is 34.5 Å². The van der Waals surface area contributed by atoms with Crippen LogP contribution in [0.25, 0.3) is 0 Å². The highest BCUT2D eigenvalue weighted by molar-refractivity contribution is 5.15. The van der Waals surface area contributed by atoms with Gasteiger partial charge < -0.3 is 0 Å². The van der Waals surface area contributed by atoms with Crippen molar-refractivity contribution in [1.29, 1.82) is 0 Å². The van der Waals surface area contributed by atoms with Gasteiger partial charge in [-0.3, -0.25) is 0 Å².